The predicted molar refractivity (Wildman–Crippen MR) is 65.3 cm³/mol. The van der Waals surface area contributed by atoms with E-state index in [0.717, 1.165) is 36.3 Å². The number of nitrogens with two attached hydrogens (primary N) is 1. The monoisotopic (exact) mass is 234 g/mol. The molecule has 0 atom stereocenters. The summed E-state index contributed by atoms with van der Waals surface area (Å²) in [6.07, 6.45) is 5.74. The predicted octanol–water partition coefficient (Wildman–Crippen LogP) is 0.590. The summed E-state index contributed by atoms with van der Waals surface area (Å²) >= 11 is 0. The minimum absolute atomic E-state index is 0.669. The minimum atomic E-state index is 0.669. The van der Waals surface area contributed by atoms with E-state index in [0.29, 0.717) is 6.54 Å². The molecule has 6 nitrogen and oxygen atoms in total. The van der Waals surface area contributed by atoms with Gasteiger partial charge < -0.3 is 5.73 Å². The van der Waals surface area contributed by atoms with E-state index >= 15 is 0 Å². The minimum Gasteiger partial charge on any atom is -0.330 e. The van der Waals surface area contributed by atoms with Gasteiger partial charge in [0, 0.05) is 25.4 Å². The topological polar surface area (TPSA) is 74.5 Å². The highest BCUT2D eigenvalue weighted by Gasteiger charge is 2.11. The second-order valence-electron chi connectivity index (χ2n) is 4.03. The lowest BCUT2D eigenvalue weighted by Gasteiger charge is -1.96. The molecule has 2 aromatic rings. The maximum atomic E-state index is 5.47. The molecule has 0 aromatic carbocycles. The maximum Gasteiger partial charge on any atom is 0.116 e. The van der Waals surface area contributed by atoms with E-state index in [4.69, 9.17) is 5.73 Å². The molecule has 0 aliphatic rings. The first kappa shape index (κ1) is 11.8. The lowest BCUT2D eigenvalue weighted by atomic mass is 10.1. The summed E-state index contributed by atoms with van der Waals surface area (Å²) in [5.41, 5.74) is 8.47. The fraction of sp³-hybridized carbons (Fsp3) is 0.545. The third kappa shape index (κ3) is 2.52. The molecule has 0 fully saturated rings. The summed E-state index contributed by atoms with van der Waals surface area (Å²) in [7, 11) is 1.92. The van der Waals surface area contributed by atoms with Crippen LogP contribution in [0.15, 0.2) is 12.4 Å². The van der Waals surface area contributed by atoms with Crippen molar-refractivity contribution >= 4 is 0 Å². The van der Waals surface area contributed by atoms with E-state index in [2.05, 4.69) is 22.3 Å². The third-order valence-corrected chi connectivity index (χ3v) is 2.65. The zero-order chi connectivity index (χ0) is 12.3. The first-order valence-electron chi connectivity index (χ1n) is 5.87. The second-order valence-corrected chi connectivity index (χ2v) is 4.03. The molecule has 2 aromatic heterocycles. The van der Waals surface area contributed by atoms with Crippen LogP contribution in [0.1, 0.15) is 19.0 Å². The smallest absolute Gasteiger partial charge is 0.116 e. The van der Waals surface area contributed by atoms with Crippen LogP contribution in [0, 0.1) is 0 Å². The Balaban J connectivity index is 2.23. The summed E-state index contributed by atoms with van der Waals surface area (Å²) in [6, 6.07) is 0. The quantitative estimate of drug-likeness (QED) is 0.821. The fourth-order valence-corrected chi connectivity index (χ4v) is 1.79. The van der Waals surface area contributed by atoms with Crippen LogP contribution in [-0.2, 0) is 20.0 Å². The van der Waals surface area contributed by atoms with Crippen molar-refractivity contribution < 1.29 is 0 Å². The molecule has 0 saturated heterocycles. The number of aromatic nitrogens is 5. The average Bonchev–Trinajstić information content (AvgIpc) is 2.92. The molecule has 0 bridgehead atoms. The van der Waals surface area contributed by atoms with Gasteiger partial charge in [0.1, 0.15) is 5.69 Å². The van der Waals surface area contributed by atoms with Crippen LogP contribution >= 0.6 is 0 Å². The Morgan fingerprint density at radius 2 is 2.18 bits per heavy atom. The van der Waals surface area contributed by atoms with Crippen LogP contribution in [0.4, 0.5) is 0 Å². The Morgan fingerprint density at radius 3 is 2.88 bits per heavy atom. The number of rotatable bonds is 5. The van der Waals surface area contributed by atoms with Crippen molar-refractivity contribution in [3.8, 4) is 11.3 Å². The molecule has 0 radical (unpaired) electrons. The largest absolute Gasteiger partial charge is 0.330 e. The summed E-state index contributed by atoms with van der Waals surface area (Å²) < 4.78 is 3.64. The van der Waals surface area contributed by atoms with Gasteiger partial charge in [-0.25, -0.2) is 0 Å². The normalized spacial score (nSPS) is 11.0. The molecule has 0 saturated carbocycles. The van der Waals surface area contributed by atoms with Crippen LogP contribution in [0.2, 0.25) is 0 Å². The molecule has 0 aliphatic heterocycles. The summed E-state index contributed by atoms with van der Waals surface area (Å²) in [5, 5.41) is 12.7. The first-order chi connectivity index (χ1) is 8.24. The van der Waals surface area contributed by atoms with Gasteiger partial charge in [0.25, 0.3) is 0 Å². The molecule has 2 heterocycles. The van der Waals surface area contributed by atoms with Gasteiger partial charge in [0.05, 0.1) is 11.9 Å². The van der Waals surface area contributed by atoms with E-state index < -0.39 is 0 Å². The van der Waals surface area contributed by atoms with E-state index in [-0.39, 0.29) is 0 Å². The van der Waals surface area contributed by atoms with Crippen LogP contribution in [0.25, 0.3) is 11.3 Å². The lowest BCUT2D eigenvalue weighted by molar-refractivity contribution is 0.564. The van der Waals surface area contributed by atoms with E-state index in [1.165, 1.54) is 0 Å². The third-order valence-electron chi connectivity index (χ3n) is 2.65. The Kier molecular flexibility index (Phi) is 3.53. The van der Waals surface area contributed by atoms with Gasteiger partial charge in [-0.05, 0) is 19.4 Å². The molecule has 17 heavy (non-hydrogen) atoms. The SMILES string of the molecule is CCc1nn(C)cc1-c1cn(CCCN)nn1. The van der Waals surface area contributed by atoms with Crippen molar-refractivity contribution in [3.63, 3.8) is 0 Å². The van der Waals surface area contributed by atoms with Crippen LogP contribution in [-0.4, -0.2) is 31.3 Å². The molecule has 92 valence electrons. The molecule has 0 amide bonds. The van der Waals surface area contributed by atoms with Crippen molar-refractivity contribution in [2.45, 2.75) is 26.3 Å². The van der Waals surface area contributed by atoms with Gasteiger partial charge in [-0.3, -0.25) is 9.36 Å². The Morgan fingerprint density at radius 1 is 1.35 bits per heavy atom. The summed E-state index contributed by atoms with van der Waals surface area (Å²) in [6.45, 7) is 3.57. The van der Waals surface area contributed by atoms with Gasteiger partial charge in [-0.15, -0.1) is 5.10 Å². The van der Waals surface area contributed by atoms with Crippen LogP contribution in [0.3, 0.4) is 0 Å². The lowest BCUT2D eigenvalue weighted by Crippen LogP contribution is -2.06. The van der Waals surface area contributed by atoms with Crippen molar-refractivity contribution in [1.82, 2.24) is 24.8 Å². The van der Waals surface area contributed by atoms with Crippen molar-refractivity contribution in [1.29, 1.82) is 0 Å². The standard InChI is InChI=1S/C11H18N6/c1-3-10-9(7-16(2)14-10)11-8-17(15-13-11)6-4-5-12/h7-8H,3-6,12H2,1-2H3. The Hall–Kier alpha value is -1.69. The fourth-order valence-electron chi connectivity index (χ4n) is 1.79. The Bertz CT molecular complexity index is 484. The first-order valence-corrected chi connectivity index (χ1v) is 5.87. The maximum absolute atomic E-state index is 5.47. The molecule has 6 heteroatoms. The van der Waals surface area contributed by atoms with E-state index in [9.17, 15) is 0 Å². The molecular weight excluding hydrogens is 216 g/mol. The van der Waals surface area contributed by atoms with Crippen molar-refractivity contribution in [2.75, 3.05) is 6.54 Å². The molecule has 0 unspecified atom stereocenters. The second kappa shape index (κ2) is 5.09. The summed E-state index contributed by atoms with van der Waals surface area (Å²) in [4.78, 5) is 0. The number of hydrogen-bond acceptors (Lipinski definition) is 4. The van der Waals surface area contributed by atoms with Gasteiger partial charge in [-0.2, -0.15) is 5.10 Å². The van der Waals surface area contributed by atoms with E-state index in [1.54, 1.807) is 0 Å². The average molecular weight is 234 g/mol. The van der Waals surface area contributed by atoms with Gasteiger partial charge in [0.2, 0.25) is 0 Å². The van der Waals surface area contributed by atoms with Crippen molar-refractivity contribution in [3.05, 3.63) is 18.1 Å². The highest BCUT2D eigenvalue weighted by atomic mass is 15.4. The molecule has 2 N–H and O–H groups in total. The number of hydrogen-bond donors (Lipinski definition) is 1. The summed E-state index contributed by atoms with van der Waals surface area (Å²) in [5.74, 6) is 0. The highest BCUT2D eigenvalue weighted by Crippen LogP contribution is 2.20. The van der Waals surface area contributed by atoms with Crippen LogP contribution in [0.5, 0.6) is 0 Å². The zero-order valence-corrected chi connectivity index (χ0v) is 10.3. The van der Waals surface area contributed by atoms with Gasteiger partial charge in [-0.1, -0.05) is 12.1 Å². The van der Waals surface area contributed by atoms with E-state index in [1.807, 2.05) is 28.8 Å². The highest BCUT2D eigenvalue weighted by molar-refractivity contribution is 5.59. The van der Waals surface area contributed by atoms with Crippen molar-refractivity contribution in [2.24, 2.45) is 12.8 Å². The molecule has 0 aliphatic carbocycles. The molecule has 0 spiro atoms. The number of aryl methyl sites for hydroxylation is 3. The zero-order valence-electron chi connectivity index (χ0n) is 10.3. The number of nitrogens with zero attached hydrogens (tertiary/aromatic N) is 5. The molecule has 2 rings (SSSR count). The van der Waals surface area contributed by atoms with Crippen LogP contribution < -0.4 is 5.73 Å². The molecular formula is C11H18N6. The van der Waals surface area contributed by atoms with Gasteiger partial charge >= 0.3 is 0 Å². The van der Waals surface area contributed by atoms with Gasteiger partial charge in [0.15, 0.2) is 0 Å². The Labute approximate surface area is 100 Å².